The SMILES string of the molecule is O=C(O)CS(=O)(=O)Nc1nc(-c2ccccc2)cs1. The average Bonchev–Trinajstić information content (AvgIpc) is 2.76. The highest BCUT2D eigenvalue weighted by Gasteiger charge is 2.17. The number of benzene rings is 1. The third-order valence-corrected chi connectivity index (χ3v) is 4.15. The Kier molecular flexibility index (Phi) is 3.82. The normalized spacial score (nSPS) is 11.2. The van der Waals surface area contributed by atoms with Crippen molar-refractivity contribution in [3.8, 4) is 11.3 Å². The van der Waals surface area contributed by atoms with Crippen LogP contribution in [0.15, 0.2) is 35.7 Å². The molecule has 1 aromatic carbocycles. The van der Waals surface area contributed by atoms with Crippen LogP contribution in [0.2, 0.25) is 0 Å². The number of nitrogens with zero attached hydrogens (tertiary/aromatic N) is 1. The molecule has 0 aliphatic carbocycles. The van der Waals surface area contributed by atoms with Gasteiger partial charge in [0.15, 0.2) is 10.9 Å². The van der Waals surface area contributed by atoms with E-state index in [0.29, 0.717) is 5.69 Å². The van der Waals surface area contributed by atoms with E-state index in [1.165, 1.54) is 0 Å². The third kappa shape index (κ3) is 3.76. The van der Waals surface area contributed by atoms with Crippen molar-refractivity contribution >= 4 is 32.5 Å². The van der Waals surface area contributed by atoms with Crippen LogP contribution in [-0.2, 0) is 14.8 Å². The molecule has 1 aromatic heterocycles. The Labute approximate surface area is 113 Å². The van der Waals surface area contributed by atoms with E-state index in [9.17, 15) is 13.2 Å². The number of hydrogen-bond donors (Lipinski definition) is 2. The maximum atomic E-state index is 11.4. The van der Waals surface area contributed by atoms with Gasteiger partial charge in [0.1, 0.15) is 0 Å². The van der Waals surface area contributed by atoms with Gasteiger partial charge in [0.2, 0.25) is 10.0 Å². The average molecular weight is 298 g/mol. The van der Waals surface area contributed by atoms with E-state index in [2.05, 4.69) is 9.71 Å². The second-order valence-electron chi connectivity index (χ2n) is 3.66. The van der Waals surface area contributed by atoms with Gasteiger partial charge in [0, 0.05) is 10.9 Å². The minimum absolute atomic E-state index is 0.153. The summed E-state index contributed by atoms with van der Waals surface area (Å²) in [5.74, 6) is -2.39. The van der Waals surface area contributed by atoms with Crippen molar-refractivity contribution in [3.63, 3.8) is 0 Å². The van der Waals surface area contributed by atoms with Crippen LogP contribution in [0.1, 0.15) is 0 Å². The Hall–Kier alpha value is -1.93. The van der Waals surface area contributed by atoms with Gasteiger partial charge in [-0.2, -0.15) is 0 Å². The van der Waals surface area contributed by atoms with Crippen LogP contribution in [0.4, 0.5) is 5.13 Å². The lowest BCUT2D eigenvalue weighted by atomic mass is 10.2. The van der Waals surface area contributed by atoms with Crippen molar-refractivity contribution < 1.29 is 18.3 Å². The fraction of sp³-hybridized carbons (Fsp3) is 0.0909. The molecular weight excluding hydrogens is 288 g/mol. The predicted molar refractivity (Wildman–Crippen MR) is 72.6 cm³/mol. The number of sulfonamides is 1. The van der Waals surface area contributed by atoms with Crippen LogP contribution < -0.4 is 4.72 Å². The topological polar surface area (TPSA) is 96.4 Å². The molecule has 1 heterocycles. The van der Waals surface area contributed by atoms with Crippen LogP contribution in [0.25, 0.3) is 11.3 Å². The van der Waals surface area contributed by atoms with E-state index in [4.69, 9.17) is 5.11 Å². The number of carbonyl (C=O) groups is 1. The molecular formula is C11H10N2O4S2. The second kappa shape index (κ2) is 5.37. The predicted octanol–water partition coefficient (Wildman–Crippen LogP) is 1.64. The molecule has 6 nitrogen and oxygen atoms in total. The molecule has 0 aliphatic rings. The van der Waals surface area contributed by atoms with Crippen LogP contribution in [-0.4, -0.2) is 30.2 Å². The molecule has 0 saturated heterocycles. The summed E-state index contributed by atoms with van der Waals surface area (Å²) in [7, 11) is -3.90. The third-order valence-electron chi connectivity index (χ3n) is 2.13. The number of carboxylic acids is 1. The van der Waals surface area contributed by atoms with Crippen LogP contribution in [0, 0.1) is 0 Å². The number of hydrogen-bond acceptors (Lipinski definition) is 5. The zero-order chi connectivity index (χ0) is 13.9. The number of thiazole rings is 1. The lowest BCUT2D eigenvalue weighted by molar-refractivity contribution is -0.134. The Balaban J connectivity index is 2.17. The summed E-state index contributed by atoms with van der Waals surface area (Å²) in [6, 6.07) is 9.27. The molecule has 2 N–H and O–H groups in total. The summed E-state index contributed by atoms with van der Waals surface area (Å²) >= 11 is 1.10. The molecule has 0 fully saturated rings. The first-order valence-electron chi connectivity index (χ1n) is 5.19. The minimum Gasteiger partial charge on any atom is -0.480 e. The zero-order valence-corrected chi connectivity index (χ0v) is 11.2. The van der Waals surface area contributed by atoms with Crippen molar-refractivity contribution in [1.29, 1.82) is 0 Å². The van der Waals surface area contributed by atoms with E-state index >= 15 is 0 Å². The number of aliphatic carboxylic acids is 1. The lowest BCUT2D eigenvalue weighted by Crippen LogP contribution is -2.22. The van der Waals surface area contributed by atoms with Gasteiger partial charge in [-0.25, -0.2) is 13.4 Å². The number of rotatable bonds is 5. The van der Waals surface area contributed by atoms with Gasteiger partial charge < -0.3 is 5.11 Å². The molecule has 0 atom stereocenters. The van der Waals surface area contributed by atoms with Crippen molar-refractivity contribution in [3.05, 3.63) is 35.7 Å². The summed E-state index contributed by atoms with van der Waals surface area (Å²) < 4.78 is 25.0. The largest absolute Gasteiger partial charge is 0.480 e. The zero-order valence-electron chi connectivity index (χ0n) is 9.61. The van der Waals surface area contributed by atoms with Crippen molar-refractivity contribution in [2.24, 2.45) is 0 Å². The van der Waals surface area contributed by atoms with Gasteiger partial charge in [0.05, 0.1) is 5.69 Å². The molecule has 2 rings (SSSR count). The second-order valence-corrected chi connectivity index (χ2v) is 6.24. The summed E-state index contributed by atoms with van der Waals surface area (Å²) in [5.41, 5.74) is 1.50. The highest BCUT2D eigenvalue weighted by Crippen LogP contribution is 2.25. The fourth-order valence-corrected chi connectivity index (χ4v) is 3.24. The summed E-state index contributed by atoms with van der Waals surface area (Å²) in [6.45, 7) is 0. The van der Waals surface area contributed by atoms with Crippen molar-refractivity contribution in [1.82, 2.24) is 4.98 Å². The molecule has 0 radical (unpaired) electrons. The summed E-state index contributed by atoms with van der Waals surface area (Å²) in [5, 5.41) is 10.3. The Bertz CT molecular complexity index is 680. The molecule has 0 unspecified atom stereocenters. The number of nitrogens with one attached hydrogen (secondary N) is 1. The summed E-state index contributed by atoms with van der Waals surface area (Å²) in [6.07, 6.45) is 0. The van der Waals surface area contributed by atoms with Gasteiger partial charge in [0.25, 0.3) is 0 Å². The molecule has 100 valence electrons. The smallest absolute Gasteiger partial charge is 0.320 e. The molecule has 0 saturated carbocycles. The number of aromatic nitrogens is 1. The molecule has 0 amide bonds. The van der Waals surface area contributed by atoms with E-state index < -0.39 is 21.7 Å². The van der Waals surface area contributed by atoms with Gasteiger partial charge in [-0.3, -0.25) is 9.52 Å². The van der Waals surface area contributed by atoms with Gasteiger partial charge >= 0.3 is 5.97 Å². The van der Waals surface area contributed by atoms with E-state index in [1.807, 2.05) is 30.3 Å². The quantitative estimate of drug-likeness (QED) is 0.874. The van der Waals surface area contributed by atoms with E-state index in [1.54, 1.807) is 5.38 Å². The first-order valence-corrected chi connectivity index (χ1v) is 7.73. The molecule has 2 aromatic rings. The number of anilines is 1. The van der Waals surface area contributed by atoms with E-state index in [0.717, 1.165) is 16.9 Å². The number of carboxylic acid groups (broad SMARTS) is 1. The molecule has 0 aliphatic heterocycles. The van der Waals surface area contributed by atoms with Crippen LogP contribution in [0.3, 0.4) is 0 Å². The first kappa shape index (κ1) is 13.5. The lowest BCUT2D eigenvalue weighted by Gasteiger charge is -2.01. The van der Waals surface area contributed by atoms with Crippen LogP contribution >= 0.6 is 11.3 Å². The Morgan fingerprint density at radius 3 is 2.63 bits per heavy atom. The Morgan fingerprint density at radius 1 is 1.32 bits per heavy atom. The molecule has 8 heteroatoms. The highest BCUT2D eigenvalue weighted by molar-refractivity contribution is 7.93. The van der Waals surface area contributed by atoms with Crippen molar-refractivity contribution in [2.45, 2.75) is 0 Å². The minimum atomic E-state index is -3.90. The summed E-state index contributed by atoms with van der Waals surface area (Å²) in [4.78, 5) is 14.5. The maximum Gasteiger partial charge on any atom is 0.320 e. The fourth-order valence-electron chi connectivity index (χ4n) is 1.39. The standard InChI is InChI=1S/C11H10N2O4S2/c14-10(15)7-19(16,17)13-11-12-9(6-18-11)8-4-2-1-3-5-8/h1-6H,7H2,(H,12,13)(H,14,15). The Morgan fingerprint density at radius 2 is 2.00 bits per heavy atom. The van der Waals surface area contributed by atoms with Crippen molar-refractivity contribution in [2.75, 3.05) is 10.5 Å². The monoisotopic (exact) mass is 298 g/mol. The maximum absolute atomic E-state index is 11.4. The molecule has 0 bridgehead atoms. The van der Waals surface area contributed by atoms with E-state index in [-0.39, 0.29) is 5.13 Å². The highest BCUT2D eigenvalue weighted by atomic mass is 32.2. The first-order chi connectivity index (χ1) is 8.96. The van der Waals surface area contributed by atoms with Gasteiger partial charge in [-0.05, 0) is 0 Å². The molecule has 0 spiro atoms. The van der Waals surface area contributed by atoms with Gasteiger partial charge in [-0.15, -0.1) is 11.3 Å². The molecule has 19 heavy (non-hydrogen) atoms. The van der Waals surface area contributed by atoms with Gasteiger partial charge in [-0.1, -0.05) is 30.3 Å². The van der Waals surface area contributed by atoms with Crippen LogP contribution in [0.5, 0.6) is 0 Å².